The van der Waals surface area contributed by atoms with Gasteiger partial charge in [-0.15, -0.1) is 11.3 Å². The van der Waals surface area contributed by atoms with Crippen LogP contribution in [0.4, 0.5) is 5.69 Å². The van der Waals surface area contributed by atoms with Crippen LogP contribution < -0.4 is 5.32 Å². The minimum absolute atomic E-state index is 0.728. The van der Waals surface area contributed by atoms with Crippen LogP contribution in [0.15, 0.2) is 47.9 Å². The third-order valence-electron chi connectivity index (χ3n) is 4.00. The van der Waals surface area contributed by atoms with Crippen LogP contribution in [-0.2, 0) is 0 Å². The first-order valence-electron chi connectivity index (χ1n) is 8.87. The number of anilines is 1. The van der Waals surface area contributed by atoms with Crippen LogP contribution in [0, 0.1) is 0 Å². The van der Waals surface area contributed by atoms with E-state index in [1.807, 2.05) is 24.3 Å². The second kappa shape index (κ2) is 11.6. The molecule has 3 heteroatoms. The average Bonchev–Trinajstić information content (AvgIpc) is 3.13. The van der Waals surface area contributed by atoms with Gasteiger partial charge in [0.25, 0.3) is 0 Å². The fourth-order valence-electron chi connectivity index (χ4n) is 2.59. The van der Waals surface area contributed by atoms with Crippen LogP contribution in [0.25, 0.3) is 6.08 Å². The number of nitrogens with one attached hydrogen (secondary N) is 1. The van der Waals surface area contributed by atoms with Crippen molar-refractivity contribution < 1.29 is 4.79 Å². The predicted molar refractivity (Wildman–Crippen MR) is 106 cm³/mol. The van der Waals surface area contributed by atoms with E-state index >= 15 is 0 Å². The van der Waals surface area contributed by atoms with E-state index in [1.54, 1.807) is 11.3 Å². The van der Waals surface area contributed by atoms with Crippen LogP contribution in [0.3, 0.4) is 0 Å². The van der Waals surface area contributed by atoms with Crippen molar-refractivity contribution in [3.05, 3.63) is 58.3 Å². The Morgan fingerprint density at radius 1 is 0.917 bits per heavy atom. The maximum atomic E-state index is 10.6. The third kappa shape index (κ3) is 7.60. The van der Waals surface area contributed by atoms with Gasteiger partial charge in [-0.1, -0.05) is 37.8 Å². The highest BCUT2D eigenvalue weighted by atomic mass is 32.1. The van der Waals surface area contributed by atoms with Gasteiger partial charge in [0.15, 0.2) is 0 Å². The molecular weight excluding hydrogens is 314 g/mol. The van der Waals surface area contributed by atoms with Crippen LogP contribution in [-0.4, -0.2) is 12.8 Å². The largest absolute Gasteiger partial charge is 0.385 e. The van der Waals surface area contributed by atoms with Gasteiger partial charge >= 0.3 is 0 Å². The summed E-state index contributed by atoms with van der Waals surface area (Å²) in [6, 6.07) is 11.9. The van der Waals surface area contributed by atoms with Crippen molar-refractivity contribution in [2.24, 2.45) is 0 Å². The van der Waals surface area contributed by atoms with E-state index in [9.17, 15) is 4.79 Å². The van der Waals surface area contributed by atoms with Gasteiger partial charge in [0.05, 0.1) is 0 Å². The smallest absolute Gasteiger partial charge is 0.150 e. The van der Waals surface area contributed by atoms with Crippen LogP contribution in [0.1, 0.15) is 60.2 Å². The molecule has 0 atom stereocenters. The van der Waals surface area contributed by atoms with E-state index in [-0.39, 0.29) is 0 Å². The molecular formula is C21H27NOS. The molecule has 128 valence electrons. The van der Waals surface area contributed by atoms with E-state index in [2.05, 4.69) is 35.0 Å². The number of benzene rings is 1. The molecule has 1 aromatic heterocycles. The Balaban J connectivity index is 1.40. The molecule has 0 unspecified atom stereocenters. The first kappa shape index (κ1) is 18.5. The van der Waals surface area contributed by atoms with Crippen molar-refractivity contribution in [3.63, 3.8) is 0 Å². The van der Waals surface area contributed by atoms with Crippen molar-refractivity contribution in [2.45, 2.75) is 44.9 Å². The number of carbonyl (C=O) groups excluding carboxylic acids is 1. The monoisotopic (exact) mass is 341 g/mol. The summed E-state index contributed by atoms with van der Waals surface area (Å²) in [6.45, 7) is 1.00. The molecule has 2 nitrogen and oxygen atoms in total. The summed E-state index contributed by atoms with van der Waals surface area (Å²) in [5.74, 6) is 0. The lowest BCUT2D eigenvalue weighted by Gasteiger charge is -2.06. The number of rotatable bonds is 12. The second-order valence-corrected chi connectivity index (χ2v) is 6.97. The number of hydrogen-bond acceptors (Lipinski definition) is 3. The zero-order chi connectivity index (χ0) is 16.9. The fourth-order valence-corrected chi connectivity index (χ4v) is 3.24. The van der Waals surface area contributed by atoms with Gasteiger partial charge in [0.1, 0.15) is 6.29 Å². The molecule has 0 saturated carbocycles. The minimum Gasteiger partial charge on any atom is -0.385 e. The van der Waals surface area contributed by atoms with E-state index < -0.39 is 0 Å². The molecule has 0 radical (unpaired) electrons. The summed E-state index contributed by atoms with van der Waals surface area (Å²) in [7, 11) is 0. The molecule has 24 heavy (non-hydrogen) atoms. The SMILES string of the molecule is O=Cc1ccc(NCCCCCCCCC=Cc2cccs2)cc1. The van der Waals surface area contributed by atoms with Gasteiger partial charge in [-0.2, -0.15) is 0 Å². The summed E-state index contributed by atoms with van der Waals surface area (Å²) in [5, 5.41) is 5.52. The Hall–Kier alpha value is -1.87. The first-order chi connectivity index (χ1) is 11.9. The molecule has 0 aliphatic carbocycles. The zero-order valence-electron chi connectivity index (χ0n) is 14.2. The molecule has 0 spiro atoms. The molecule has 0 aliphatic rings. The van der Waals surface area contributed by atoms with Gasteiger partial charge < -0.3 is 5.32 Å². The summed E-state index contributed by atoms with van der Waals surface area (Å²) in [5.41, 5.74) is 1.82. The van der Waals surface area contributed by atoms with E-state index in [0.29, 0.717) is 0 Å². The number of allylic oxidation sites excluding steroid dienone is 1. The highest BCUT2D eigenvalue weighted by molar-refractivity contribution is 7.10. The standard InChI is InChI=1S/C21H27NOS/c23-18-19-12-14-20(15-13-19)22-16-8-6-4-2-1-3-5-7-10-21-11-9-17-24-21/h7,9-15,17-18,22H,1-6,8,16H2. The van der Waals surface area contributed by atoms with Crippen molar-refractivity contribution in [1.29, 1.82) is 0 Å². The Morgan fingerprint density at radius 2 is 1.67 bits per heavy atom. The first-order valence-corrected chi connectivity index (χ1v) is 9.75. The van der Waals surface area contributed by atoms with Gasteiger partial charge in [-0.25, -0.2) is 0 Å². The molecule has 0 bridgehead atoms. The molecule has 1 heterocycles. The minimum atomic E-state index is 0.728. The van der Waals surface area contributed by atoms with E-state index in [1.165, 1.54) is 49.8 Å². The van der Waals surface area contributed by atoms with Gasteiger partial charge in [-0.05, 0) is 61.1 Å². The molecule has 1 N–H and O–H groups in total. The Morgan fingerprint density at radius 3 is 2.38 bits per heavy atom. The van der Waals surface area contributed by atoms with Gasteiger partial charge in [0, 0.05) is 22.7 Å². The van der Waals surface area contributed by atoms with Crippen molar-refractivity contribution in [3.8, 4) is 0 Å². The number of unbranched alkanes of at least 4 members (excludes halogenated alkanes) is 6. The van der Waals surface area contributed by atoms with Gasteiger partial charge in [0.2, 0.25) is 0 Å². The Bertz CT molecular complexity index is 587. The quantitative estimate of drug-likeness (QED) is 0.356. The predicted octanol–water partition coefficient (Wildman–Crippen LogP) is 6.42. The number of carbonyl (C=O) groups is 1. The summed E-state index contributed by atoms with van der Waals surface area (Å²) < 4.78 is 0. The Kier molecular flexibility index (Phi) is 8.95. The summed E-state index contributed by atoms with van der Waals surface area (Å²) in [6.07, 6.45) is 14.4. The van der Waals surface area contributed by atoms with Crippen molar-refractivity contribution in [2.75, 3.05) is 11.9 Å². The van der Waals surface area contributed by atoms with Crippen molar-refractivity contribution in [1.82, 2.24) is 0 Å². The molecule has 1 aromatic carbocycles. The van der Waals surface area contributed by atoms with Crippen LogP contribution in [0.2, 0.25) is 0 Å². The highest BCUT2D eigenvalue weighted by Crippen LogP contribution is 2.13. The molecule has 0 aliphatic heterocycles. The fraction of sp³-hybridized carbons (Fsp3) is 0.381. The lowest BCUT2D eigenvalue weighted by atomic mass is 10.1. The van der Waals surface area contributed by atoms with Crippen LogP contribution >= 0.6 is 11.3 Å². The molecule has 0 saturated heterocycles. The lowest BCUT2D eigenvalue weighted by molar-refractivity contribution is 0.112. The summed E-state index contributed by atoms with van der Waals surface area (Å²) in [4.78, 5) is 11.9. The molecule has 2 rings (SSSR count). The number of hydrogen-bond donors (Lipinski definition) is 1. The lowest BCUT2D eigenvalue weighted by Crippen LogP contribution is -2.01. The van der Waals surface area contributed by atoms with Crippen molar-refractivity contribution >= 4 is 29.4 Å². The molecule has 2 aromatic rings. The maximum Gasteiger partial charge on any atom is 0.150 e. The van der Waals surface area contributed by atoms with E-state index in [0.717, 1.165) is 24.1 Å². The maximum absolute atomic E-state index is 10.6. The number of thiophene rings is 1. The van der Waals surface area contributed by atoms with Crippen LogP contribution in [0.5, 0.6) is 0 Å². The molecule has 0 amide bonds. The Labute approximate surface area is 149 Å². The zero-order valence-corrected chi connectivity index (χ0v) is 15.1. The average molecular weight is 342 g/mol. The topological polar surface area (TPSA) is 29.1 Å². The highest BCUT2D eigenvalue weighted by Gasteiger charge is 1.94. The normalized spacial score (nSPS) is 11.0. The van der Waals surface area contributed by atoms with E-state index in [4.69, 9.17) is 0 Å². The summed E-state index contributed by atoms with van der Waals surface area (Å²) >= 11 is 1.79. The third-order valence-corrected chi connectivity index (χ3v) is 4.84. The number of aldehydes is 1. The van der Waals surface area contributed by atoms with Gasteiger partial charge in [-0.3, -0.25) is 4.79 Å². The second-order valence-electron chi connectivity index (χ2n) is 5.99. The molecule has 0 fully saturated rings.